The Morgan fingerprint density at radius 2 is 1.77 bits per heavy atom. The Balaban J connectivity index is 2.30. The number of rotatable bonds is 5. The lowest BCUT2D eigenvalue weighted by molar-refractivity contribution is -0.419. The Morgan fingerprint density at radius 3 is 2.42 bits per heavy atom. The van der Waals surface area contributed by atoms with E-state index < -0.39 is 10.6 Å². The van der Waals surface area contributed by atoms with Crippen LogP contribution < -0.4 is 5.32 Å². The van der Waals surface area contributed by atoms with Crippen LogP contribution >= 0.6 is 39.1 Å². The number of aromatic nitrogens is 3. The highest BCUT2D eigenvalue weighted by Gasteiger charge is 2.28. The summed E-state index contributed by atoms with van der Waals surface area (Å²) in [6.07, 6.45) is 0. The normalized spacial score (nSPS) is 13.2. The van der Waals surface area contributed by atoms with Gasteiger partial charge in [0, 0.05) is 5.69 Å². The zero-order chi connectivity index (χ0) is 18.7. The molecule has 1 aromatic heterocycles. The van der Waals surface area contributed by atoms with Gasteiger partial charge in [-0.15, -0.1) is 5.10 Å². The molecule has 0 aliphatic carbocycles. The smallest absolute Gasteiger partial charge is 0.332 e. The van der Waals surface area contributed by atoms with E-state index in [0.29, 0.717) is 16.7 Å². The van der Waals surface area contributed by atoms with Gasteiger partial charge in [-0.2, -0.15) is 4.68 Å². The monoisotopic (exact) mass is 453 g/mol. The molecule has 3 aromatic rings. The number of nitro groups is 1. The fourth-order valence-corrected chi connectivity index (χ4v) is 2.70. The van der Waals surface area contributed by atoms with Crippen molar-refractivity contribution in [3.8, 4) is 0 Å². The molecule has 0 fully saturated rings. The predicted octanol–water partition coefficient (Wildman–Crippen LogP) is 4.99. The van der Waals surface area contributed by atoms with Crippen molar-refractivity contribution in [3.63, 3.8) is 0 Å². The summed E-state index contributed by atoms with van der Waals surface area (Å²) in [7, 11) is 0. The van der Waals surface area contributed by atoms with E-state index in [4.69, 9.17) is 23.2 Å². The molecule has 0 aliphatic rings. The molecule has 0 amide bonds. The second kappa shape index (κ2) is 7.86. The number of hydrogen-bond acceptors (Lipinski definition) is 5. The van der Waals surface area contributed by atoms with Crippen molar-refractivity contribution in [2.75, 3.05) is 5.32 Å². The molecule has 1 N–H and O–H groups in total. The van der Waals surface area contributed by atoms with E-state index in [9.17, 15) is 10.1 Å². The Hall–Kier alpha value is -2.42. The molecular weight excluding hydrogens is 445 g/mol. The third-order valence-corrected chi connectivity index (χ3v) is 4.66. The molecule has 2 aromatic carbocycles. The van der Waals surface area contributed by atoms with Crippen LogP contribution in [0.2, 0.25) is 0 Å². The van der Waals surface area contributed by atoms with Crippen molar-refractivity contribution in [1.82, 2.24) is 15.0 Å². The van der Waals surface area contributed by atoms with Gasteiger partial charge in [0.25, 0.3) is 0 Å². The molecule has 0 unspecified atom stereocenters. The average Bonchev–Trinajstić information content (AvgIpc) is 3.05. The SMILES string of the molecule is O=[N+]([O-])C(/C(Cl)=C(/Cl)Br)=C(\Nc1ccccc1)n1nnc2ccccc21. The molecule has 132 valence electrons. The first-order valence-corrected chi connectivity index (χ1v) is 8.76. The summed E-state index contributed by atoms with van der Waals surface area (Å²) in [4.78, 5) is 11.1. The van der Waals surface area contributed by atoms with Crippen LogP contribution in [-0.4, -0.2) is 19.9 Å². The van der Waals surface area contributed by atoms with Crippen molar-refractivity contribution in [2.45, 2.75) is 0 Å². The van der Waals surface area contributed by atoms with E-state index in [2.05, 4.69) is 31.6 Å². The van der Waals surface area contributed by atoms with Crippen LogP contribution in [0, 0.1) is 10.1 Å². The van der Waals surface area contributed by atoms with Crippen molar-refractivity contribution in [3.05, 3.63) is 79.4 Å². The van der Waals surface area contributed by atoms with Crippen LogP contribution in [0.4, 0.5) is 5.69 Å². The molecule has 7 nitrogen and oxygen atoms in total. The van der Waals surface area contributed by atoms with Crippen LogP contribution in [0.1, 0.15) is 0 Å². The van der Waals surface area contributed by atoms with E-state index in [1.165, 1.54) is 4.68 Å². The van der Waals surface area contributed by atoms with Gasteiger partial charge in [-0.1, -0.05) is 58.7 Å². The highest BCUT2D eigenvalue weighted by atomic mass is 79.9. The van der Waals surface area contributed by atoms with Gasteiger partial charge in [0.05, 0.1) is 10.4 Å². The summed E-state index contributed by atoms with van der Waals surface area (Å²) < 4.78 is 1.22. The summed E-state index contributed by atoms with van der Waals surface area (Å²) >= 11 is 14.9. The number of nitrogens with one attached hydrogen (secondary N) is 1. The van der Waals surface area contributed by atoms with Gasteiger partial charge in [-0.25, -0.2) is 0 Å². The number of nitrogens with zero attached hydrogens (tertiary/aromatic N) is 4. The van der Waals surface area contributed by atoms with Gasteiger partial charge in [0.2, 0.25) is 5.82 Å². The Morgan fingerprint density at radius 1 is 1.12 bits per heavy atom. The fourth-order valence-electron chi connectivity index (χ4n) is 2.26. The van der Waals surface area contributed by atoms with Crippen molar-refractivity contribution in [1.29, 1.82) is 0 Å². The first-order valence-electron chi connectivity index (χ1n) is 7.21. The van der Waals surface area contributed by atoms with Gasteiger partial charge in [-0.05, 0) is 40.2 Å². The summed E-state index contributed by atoms with van der Waals surface area (Å²) in [6, 6.07) is 16.0. The van der Waals surface area contributed by atoms with Crippen LogP contribution in [-0.2, 0) is 0 Å². The molecule has 3 rings (SSSR count). The lowest BCUT2D eigenvalue weighted by atomic mass is 10.3. The maximum Gasteiger partial charge on any atom is 0.332 e. The second-order valence-electron chi connectivity index (χ2n) is 5.01. The Bertz CT molecular complexity index is 1030. The van der Waals surface area contributed by atoms with Crippen LogP contribution in [0.25, 0.3) is 16.9 Å². The molecule has 0 radical (unpaired) electrons. The highest BCUT2D eigenvalue weighted by molar-refractivity contribution is 9.12. The maximum atomic E-state index is 11.8. The molecule has 0 saturated heterocycles. The molecule has 0 bridgehead atoms. The average molecular weight is 455 g/mol. The molecule has 10 heteroatoms. The van der Waals surface area contributed by atoms with Gasteiger partial charge >= 0.3 is 5.70 Å². The van der Waals surface area contributed by atoms with E-state index in [-0.39, 0.29) is 14.8 Å². The zero-order valence-electron chi connectivity index (χ0n) is 12.9. The van der Waals surface area contributed by atoms with Crippen LogP contribution in [0.3, 0.4) is 0 Å². The van der Waals surface area contributed by atoms with Gasteiger partial charge in [0.15, 0.2) is 0 Å². The Labute approximate surface area is 166 Å². The molecule has 0 saturated carbocycles. The molecule has 1 heterocycles. The number of anilines is 1. The van der Waals surface area contributed by atoms with E-state index in [0.717, 1.165) is 0 Å². The quantitative estimate of drug-likeness (QED) is 0.333. The van der Waals surface area contributed by atoms with Crippen molar-refractivity contribution >= 4 is 61.7 Å². The zero-order valence-corrected chi connectivity index (χ0v) is 16.0. The number of halogens is 3. The minimum atomic E-state index is -0.631. The number of fused-ring (bicyclic) bond motifs is 1. The van der Waals surface area contributed by atoms with Gasteiger partial charge in [-0.3, -0.25) is 10.1 Å². The summed E-state index contributed by atoms with van der Waals surface area (Å²) in [6.45, 7) is 0. The van der Waals surface area contributed by atoms with Gasteiger partial charge < -0.3 is 5.32 Å². The first kappa shape index (κ1) is 18.4. The molecule has 0 spiro atoms. The fraction of sp³-hybridized carbons (Fsp3) is 0. The van der Waals surface area contributed by atoms with E-state index in [1.54, 1.807) is 48.5 Å². The van der Waals surface area contributed by atoms with Crippen molar-refractivity contribution in [2.24, 2.45) is 0 Å². The number of para-hydroxylation sites is 2. The minimum absolute atomic E-state index is 0.0116. The molecule has 26 heavy (non-hydrogen) atoms. The summed E-state index contributed by atoms with van der Waals surface area (Å²) in [5.74, 6) is 0.0116. The Kier molecular flexibility index (Phi) is 5.55. The maximum absolute atomic E-state index is 11.8. The number of hydrogen-bond donors (Lipinski definition) is 1. The number of benzene rings is 2. The third kappa shape index (κ3) is 3.72. The molecular formula is C16H10BrCl2N5O2. The van der Waals surface area contributed by atoms with E-state index >= 15 is 0 Å². The third-order valence-electron chi connectivity index (χ3n) is 3.38. The standard InChI is InChI=1S/C16H10BrCl2N5O2/c17-15(19)13(18)14(24(25)26)16(20-10-6-2-1-3-7-10)23-12-9-5-4-8-11(12)21-22-23/h1-9,20H/b15-13-,16-14+. The number of allylic oxidation sites excluding steroid dienone is 1. The highest BCUT2D eigenvalue weighted by Crippen LogP contribution is 2.31. The largest absolute Gasteiger partial charge is 0.334 e. The lowest BCUT2D eigenvalue weighted by Crippen LogP contribution is -2.16. The summed E-state index contributed by atoms with van der Waals surface area (Å²) in [5, 5.41) is 22.6. The predicted molar refractivity (Wildman–Crippen MR) is 105 cm³/mol. The summed E-state index contributed by atoms with van der Waals surface area (Å²) in [5.41, 5.74) is 1.30. The lowest BCUT2D eigenvalue weighted by Gasteiger charge is -2.12. The van der Waals surface area contributed by atoms with Crippen molar-refractivity contribution < 1.29 is 4.92 Å². The van der Waals surface area contributed by atoms with E-state index in [1.807, 2.05) is 6.07 Å². The molecule has 0 aliphatic heterocycles. The van der Waals surface area contributed by atoms with Gasteiger partial charge in [0.1, 0.15) is 14.5 Å². The van der Waals surface area contributed by atoms with Crippen LogP contribution in [0.15, 0.2) is 69.3 Å². The van der Waals surface area contributed by atoms with Crippen LogP contribution in [0.5, 0.6) is 0 Å². The topological polar surface area (TPSA) is 85.9 Å². The second-order valence-corrected chi connectivity index (χ2v) is 7.02. The molecule has 0 atom stereocenters. The minimum Gasteiger partial charge on any atom is -0.334 e. The first-order chi connectivity index (χ1) is 12.5.